The Balaban J connectivity index is 1.96. The molecule has 0 bridgehead atoms. The maximum Gasteiger partial charge on any atom is 0.335 e. The third-order valence-corrected chi connectivity index (χ3v) is 4.07. The Bertz CT molecular complexity index is 925. The second kappa shape index (κ2) is 7.45. The number of anilines is 1. The number of imide groups is 2. The van der Waals surface area contributed by atoms with Crippen LogP contribution in [0.5, 0.6) is 5.75 Å². The largest absolute Gasteiger partial charge is 0.494 e. The van der Waals surface area contributed by atoms with E-state index in [9.17, 15) is 14.4 Å². The molecule has 2 aromatic carbocycles. The number of aryl methyl sites for hydroxylation is 2. The van der Waals surface area contributed by atoms with Crippen molar-refractivity contribution in [3.63, 3.8) is 0 Å². The van der Waals surface area contributed by atoms with Gasteiger partial charge in [0.15, 0.2) is 0 Å². The quantitative estimate of drug-likeness (QED) is 0.667. The molecule has 0 unspecified atom stereocenters. The van der Waals surface area contributed by atoms with Crippen LogP contribution in [0.1, 0.15) is 23.6 Å². The Hall–Kier alpha value is -3.41. The van der Waals surface area contributed by atoms with Crippen LogP contribution in [0.25, 0.3) is 6.08 Å². The van der Waals surface area contributed by atoms with Gasteiger partial charge in [0.05, 0.1) is 12.3 Å². The van der Waals surface area contributed by atoms with Gasteiger partial charge in [-0.05, 0) is 67.8 Å². The molecule has 0 aromatic heterocycles. The number of benzene rings is 2. The maximum absolute atomic E-state index is 12.9. The van der Waals surface area contributed by atoms with Crippen molar-refractivity contribution in [3.05, 3.63) is 64.7 Å². The van der Waals surface area contributed by atoms with E-state index in [-0.39, 0.29) is 5.57 Å². The zero-order valence-electron chi connectivity index (χ0n) is 15.4. The van der Waals surface area contributed by atoms with Crippen molar-refractivity contribution in [2.75, 3.05) is 11.5 Å². The van der Waals surface area contributed by atoms with Gasteiger partial charge >= 0.3 is 6.03 Å². The Kier molecular flexibility index (Phi) is 5.07. The Labute approximate surface area is 157 Å². The number of barbiturate groups is 1. The lowest BCUT2D eigenvalue weighted by atomic mass is 10.1. The molecule has 0 aliphatic carbocycles. The standard InChI is InChI=1S/C21H20N2O4/c1-4-27-17-7-5-15(6-8-17)12-18-19(24)22-21(26)23(20(18)25)16-10-13(2)9-14(3)11-16/h5-12H,4H2,1-3H3,(H,22,24,26)/b18-12+. The molecule has 1 heterocycles. The molecule has 1 aliphatic heterocycles. The van der Waals surface area contributed by atoms with Crippen LogP contribution in [0.3, 0.4) is 0 Å². The van der Waals surface area contributed by atoms with Crippen molar-refractivity contribution in [1.29, 1.82) is 0 Å². The summed E-state index contributed by atoms with van der Waals surface area (Å²) in [7, 11) is 0. The summed E-state index contributed by atoms with van der Waals surface area (Å²) in [4.78, 5) is 38.4. The number of urea groups is 1. The molecular formula is C21H20N2O4. The van der Waals surface area contributed by atoms with Gasteiger partial charge in [-0.2, -0.15) is 0 Å². The van der Waals surface area contributed by atoms with Crippen molar-refractivity contribution in [2.45, 2.75) is 20.8 Å². The van der Waals surface area contributed by atoms with Gasteiger partial charge in [-0.15, -0.1) is 0 Å². The van der Waals surface area contributed by atoms with Crippen LogP contribution >= 0.6 is 0 Å². The highest BCUT2D eigenvalue weighted by Crippen LogP contribution is 2.24. The van der Waals surface area contributed by atoms with Crippen LogP contribution in [-0.4, -0.2) is 24.5 Å². The van der Waals surface area contributed by atoms with E-state index in [0.717, 1.165) is 16.0 Å². The first-order valence-electron chi connectivity index (χ1n) is 8.61. The monoisotopic (exact) mass is 364 g/mol. The number of hydrogen-bond donors (Lipinski definition) is 1. The first-order chi connectivity index (χ1) is 12.9. The maximum atomic E-state index is 12.9. The molecule has 27 heavy (non-hydrogen) atoms. The minimum Gasteiger partial charge on any atom is -0.494 e. The predicted molar refractivity (Wildman–Crippen MR) is 103 cm³/mol. The summed E-state index contributed by atoms with van der Waals surface area (Å²) in [6.07, 6.45) is 1.47. The minimum atomic E-state index is -0.751. The van der Waals surface area contributed by atoms with Crippen LogP contribution in [0.4, 0.5) is 10.5 Å². The highest BCUT2D eigenvalue weighted by atomic mass is 16.5. The molecule has 6 nitrogen and oxygen atoms in total. The third-order valence-electron chi connectivity index (χ3n) is 4.07. The van der Waals surface area contributed by atoms with Crippen LogP contribution in [0.2, 0.25) is 0 Å². The van der Waals surface area contributed by atoms with Gasteiger partial charge in [-0.3, -0.25) is 14.9 Å². The first-order valence-corrected chi connectivity index (χ1v) is 8.61. The summed E-state index contributed by atoms with van der Waals surface area (Å²) < 4.78 is 5.38. The van der Waals surface area contributed by atoms with Crippen LogP contribution < -0.4 is 15.0 Å². The van der Waals surface area contributed by atoms with Gasteiger partial charge in [-0.1, -0.05) is 18.2 Å². The van der Waals surface area contributed by atoms with E-state index in [4.69, 9.17) is 4.74 Å². The van der Waals surface area contributed by atoms with E-state index in [2.05, 4.69) is 5.32 Å². The van der Waals surface area contributed by atoms with Crippen molar-refractivity contribution < 1.29 is 19.1 Å². The highest BCUT2D eigenvalue weighted by Gasteiger charge is 2.36. The molecular weight excluding hydrogens is 344 g/mol. The minimum absolute atomic E-state index is 0.0991. The molecule has 0 atom stereocenters. The molecule has 1 saturated heterocycles. The molecule has 0 radical (unpaired) electrons. The van der Waals surface area contributed by atoms with Crippen molar-refractivity contribution in [2.24, 2.45) is 0 Å². The smallest absolute Gasteiger partial charge is 0.335 e. The van der Waals surface area contributed by atoms with E-state index < -0.39 is 17.8 Å². The fraction of sp³-hybridized carbons (Fsp3) is 0.190. The summed E-state index contributed by atoms with van der Waals surface area (Å²) in [6.45, 7) is 6.20. The number of carbonyl (C=O) groups is 3. The average molecular weight is 364 g/mol. The normalized spacial score (nSPS) is 15.9. The molecule has 0 saturated carbocycles. The van der Waals surface area contributed by atoms with E-state index in [1.807, 2.05) is 26.8 Å². The number of hydrogen-bond acceptors (Lipinski definition) is 4. The van der Waals surface area contributed by atoms with Gasteiger partial charge in [-0.25, -0.2) is 9.69 Å². The van der Waals surface area contributed by atoms with Gasteiger partial charge < -0.3 is 4.74 Å². The number of nitrogens with one attached hydrogen (secondary N) is 1. The number of rotatable bonds is 4. The van der Waals surface area contributed by atoms with Crippen molar-refractivity contribution in [1.82, 2.24) is 5.32 Å². The van der Waals surface area contributed by atoms with Gasteiger partial charge in [0.2, 0.25) is 0 Å². The van der Waals surface area contributed by atoms with E-state index in [1.54, 1.807) is 36.4 Å². The fourth-order valence-electron chi connectivity index (χ4n) is 2.97. The summed E-state index contributed by atoms with van der Waals surface area (Å²) in [5.74, 6) is -0.659. The Morgan fingerprint density at radius 2 is 1.63 bits per heavy atom. The van der Waals surface area contributed by atoms with Gasteiger partial charge in [0, 0.05) is 0 Å². The third kappa shape index (κ3) is 3.89. The SMILES string of the molecule is CCOc1ccc(/C=C2\C(=O)NC(=O)N(c3cc(C)cc(C)c3)C2=O)cc1. The number of nitrogens with zero attached hydrogens (tertiary/aromatic N) is 1. The zero-order chi connectivity index (χ0) is 19.6. The lowest BCUT2D eigenvalue weighted by Gasteiger charge is -2.27. The first kappa shape index (κ1) is 18.4. The topological polar surface area (TPSA) is 75.7 Å². The summed E-state index contributed by atoms with van der Waals surface area (Å²) in [5, 5.41) is 2.23. The molecule has 3 rings (SSSR count). The highest BCUT2D eigenvalue weighted by molar-refractivity contribution is 6.39. The van der Waals surface area contributed by atoms with Gasteiger partial charge in [0.25, 0.3) is 11.8 Å². The van der Waals surface area contributed by atoms with E-state index >= 15 is 0 Å². The lowest BCUT2D eigenvalue weighted by Crippen LogP contribution is -2.54. The average Bonchev–Trinajstić information content (AvgIpc) is 2.59. The number of amides is 4. The fourth-order valence-corrected chi connectivity index (χ4v) is 2.97. The van der Waals surface area contributed by atoms with E-state index in [1.165, 1.54) is 6.08 Å². The molecule has 1 aliphatic rings. The molecule has 1 fully saturated rings. The molecule has 138 valence electrons. The summed E-state index contributed by atoms with van der Waals surface area (Å²) >= 11 is 0. The van der Waals surface area contributed by atoms with E-state index in [0.29, 0.717) is 23.6 Å². The van der Waals surface area contributed by atoms with Crippen molar-refractivity contribution in [3.8, 4) is 5.75 Å². The summed E-state index contributed by atoms with van der Waals surface area (Å²) in [6, 6.07) is 11.7. The zero-order valence-corrected chi connectivity index (χ0v) is 15.4. The molecule has 4 amide bonds. The lowest BCUT2D eigenvalue weighted by molar-refractivity contribution is -0.122. The second-order valence-electron chi connectivity index (χ2n) is 6.31. The number of carbonyl (C=O) groups excluding carboxylic acids is 3. The summed E-state index contributed by atoms with van der Waals surface area (Å²) in [5.41, 5.74) is 2.82. The van der Waals surface area contributed by atoms with Crippen LogP contribution in [0, 0.1) is 13.8 Å². The molecule has 1 N–H and O–H groups in total. The van der Waals surface area contributed by atoms with Crippen LogP contribution in [-0.2, 0) is 9.59 Å². The molecule has 0 spiro atoms. The predicted octanol–water partition coefficient (Wildman–Crippen LogP) is 3.37. The Morgan fingerprint density at radius 1 is 1.00 bits per heavy atom. The number of ether oxygens (including phenoxy) is 1. The Morgan fingerprint density at radius 3 is 2.22 bits per heavy atom. The van der Waals surface area contributed by atoms with Gasteiger partial charge in [0.1, 0.15) is 11.3 Å². The molecule has 6 heteroatoms. The molecule has 2 aromatic rings. The van der Waals surface area contributed by atoms with Crippen molar-refractivity contribution >= 4 is 29.6 Å². The second-order valence-corrected chi connectivity index (χ2v) is 6.31. The van der Waals surface area contributed by atoms with Crippen LogP contribution in [0.15, 0.2) is 48.0 Å².